The number of hydrogen-bond acceptors (Lipinski definition) is 5. The van der Waals surface area contributed by atoms with Crippen LogP contribution in [0.4, 0.5) is 0 Å². The normalized spacial score (nSPS) is 21.9. The Morgan fingerprint density at radius 3 is 1.33 bits per heavy atom. The van der Waals surface area contributed by atoms with Gasteiger partial charge in [0.1, 0.15) is 24.4 Å². The monoisotopic (exact) mass is 580 g/mol. The highest BCUT2D eigenvalue weighted by atomic mass is 16.6. The molecule has 5 nitrogen and oxygen atoms in total. The second-order valence-corrected chi connectivity index (χ2v) is 11.1. The van der Waals surface area contributed by atoms with E-state index in [1.54, 1.807) is 0 Å². The molecule has 4 aromatic carbocycles. The Hall–Kier alpha value is -3.32. The Bertz CT molecular complexity index is 1290. The van der Waals surface area contributed by atoms with Gasteiger partial charge in [-0.15, -0.1) is 0 Å². The van der Waals surface area contributed by atoms with Gasteiger partial charge in [-0.25, -0.2) is 0 Å². The van der Waals surface area contributed by atoms with Crippen LogP contribution in [0.15, 0.2) is 121 Å². The Kier molecular flexibility index (Phi) is 12.4. The molecule has 43 heavy (non-hydrogen) atoms. The highest BCUT2D eigenvalue weighted by Gasteiger charge is 2.48. The number of ether oxygens (including phenoxy) is 5. The predicted molar refractivity (Wildman–Crippen MR) is 169 cm³/mol. The highest BCUT2D eigenvalue weighted by molar-refractivity contribution is 5.16. The van der Waals surface area contributed by atoms with Crippen molar-refractivity contribution in [1.82, 2.24) is 0 Å². The molecule has 1 aliphatic heterocycles. The van der Waals surface area contributed by atoms with E-state index >= 15 is 0 Å². The SMILES string of the molecule is CCCC[C@H]1O[C@H](COCc2ccccc2)[C@@H](OCc2ccccc2)[C@H](OCc2ccccc2)[C@H]1OCc1ccccc1. The molecule has 0 spiro atoms. The standard InChI is InChI=1S/C38H44O5/c1-2-3-24-34-36(40-26-31-18-10-5-11-19-31)38(42-28-33-22-14-7-15-23-33)37(41-27-32-20-12-6-13-21-32)35(43-34)29-39-25-30-16-8-4-9-17-30/h4-23,34-38H,2-3,24-29H2,1H3/t34-,35-,36+,37-,38-/m1/s1. The summed E-state index contributed by atoms with van der Waals surface area (Å²) in [5, 5.41) is 0. The Labute approximate surface area is 256 Å². The van der Waals surface area contributed by atoms with Gasteiger partial charge in [0.25, 0.3) is 0 Å². The van der Waals surface area contributed by atoms with Crippen LogP contribution < -0.4 is 0 Å². The fourth-order valence-corrected chi connectivity index (χ4v) is 5.52. The third-order valence-electron chi connectivity index (χ3n) is 7.82. The van der Waals surface area contributed by atoms with E-state index in [0.717, 1.165) is 41.5 Å². The van der Waals surface area contributed by atoms with Gasteiger partial charge in [0.2, 0.25) is 0 Å². The fraction of sp³-hybridized carbons (Fsp3) is 0.368. The van der Waals surface area contributed by atoms with Crippen LogP contribution in [0.2, 0.25) is 0 Å². The van der Waals surface area contributed by atoms with Gasteiger partial charge in [-0.2, -0.15) is 0 Å². The summed E-state index contributed by atoms with van der Waals surface area (Å²) in [5.74, 6) is 0. The smallest absolute Gasteiger partial charge is 0.115 e. The van der Waals surface area contributed by atoms with E-state index in [0.29, 0.717) is 33.0 Å². The zero-order chi connectivity index (χ0) is 29.5. The Morgan fingerprint density at radius 2 is 0.884 bits per heavy atom. The zero-order valence-corrected chi connectivity index (χ0v) is 25.1. The molecule has 1 saturated heterocycles. The van der Waals surface area contributed by atoms with E-state index in [-0.39, 0.29) is 24.4 Å². The van der Waals surface area contributed by atoms with E-state index in [9.17, 15) is 0 Å². The molecule has 4 aromatic rings. The van der Waals surface area contributed by atoms with Crippen molar-refractivity contribution in [2.45, 2.75) is 83.1 Å². The molecule has 0 aromatic heterocycles. The first kappa shape index (κ1) is 31.1. The van der Waals surface area contributed by atoms with Crippen LogP contribution in [-0.4, -0.2) is 37.1 Å². The third kappa shape index (κ3) is 9.59. The summed E-state index contributed by atoms with van der Waals surface area (Å²) in [4.78, 5) is 0. The van der Waals surface area contributed by atoms with Crippen LogP contribution in [0.3, 0.4) is 0 Å². The molecule has 0 aliphatic carbocycles. The first-order valence-electron chi connectivity index (χ1n) is 15.5. The lowest BCUT2D eigenvalue weighted by Gasteiger charge is -2.46. The molecule has 1 fully saturated rings. The summed E-state index contributed by atoms with van der Waals surface area (Å²) in [6.07, 6.45) is 1.48. The molecule has 0 bridgehead atoms. The van der Waals surface area contributed by atoms with Crippen LogP contribution in [-0.2, 0) is 50.1 Å². The van der Waals surface area contributed by atoms with Crippen molar-refractivity contribution < 1.29 is 23.7 Å². The fourth-order valence-electron chi connectivity index (χ4n) is 5.52. The zero-order valence-electron chi connectivity index (χ0n) is 25.1. The lowest BCUT2D eigenvalue weighted by molar-refractivity contribution is -0.273. The maximum Gasteiger partial charge on any atom is 0.115 e. The number of rotatable bonds is 16. The number of benzene rings is 4. The van der Waals surface area contributed by atoms with Crippen LogP contribution >= 0.6 is 0 Å². The van der Waals surface area contributed by atoms with Crippen molar-refractivity contribution in [3.8, 4) is 0 Å². The van der Waals surface area contributed by atoms with Crippen LogP contribution in [0.25, 0.3) is 0 Å². The predicted octanol–water partition coefficient (Wildman–Crippen LogP) is 7.92. The van der Waals surface area contributed by atoms with Crippen molar-refractivity contribution in [1.29, 1.82) is 0 Å². The first-order valence-corrected chi connectivity index (χ1v) is 15.5. The van der Waals surface area contributed by atoms with E-state index < -0.39 is 6.10 Å². The molecule has 5 atom stereocenters. The van der Waals surface area contributed by atoms with Crippen molar-refractivity contribution in [3.63, 3.8) is 0 Å². The Balaban J connectivity index is 1.41. The maximum atomic E-state index is 6.86. The van der Waals surface area contributed by atoms with E-state index in [1.807, 2.05) is 72.8 Å². The Morgan fingerprint density at radius 1 is 0.488 bits per heavy atom. The maximum absolute atomic E-state index is 6.86. The second-order valence-electron chi connectivity index (χ2n) is 11.1. The molecule has 5 rings (SSSR count). The van der Waals surface area contributed by atoms with Gasteiger partial charge < -0.3 is 23.7 Å². The molecular formula is C38H44O5. The van der Waals surface area contributed by atoms with Crippen LogP contribution in [0.1, 0.15) is 48.4 Å². The second kappa shape index (κ2) is 17.1. The highest BCUT2D eigenvalue weighted by Crippen LogP contribution is 2.33. The van der Waals surface area contributed by atoms with Gasteiger partial charge in [-0.05, 0) is 28.7 Å². The molecule has 5 heteroatoms. The summed E-state index contributed by atoms with van der Waals surface area (Å²) < 4.78 is 33.3. The summed E-state index contributed by atoms with van der Waals surface area (Å²) in [6.45, 7) is 4.49. The van der Waals surface area contributed by atoms with E-state index in [1.165, 1.54) is 0 Å². The lowest BCUT2D eigenvalue weighted by Crippen LogP contribution is -2.61. The molecule has 226 valence electrons. The molecule has 1 heterocycles. The minimum Gasteiger partial charge on any atom is -0.374 e. The van der Waals surface area contributed by atoms with Gasteiger partial charge in [-0.3, -0.25) is 0 Å². The van der Waals surface area contributed by atoms with Gasteiger partial charge in [0.05, 0.1) is 39.1 Å². The first-order chi connectivity index (χ1) is 21.3. The largest absolute Gasteiger partial charge is 0.374 e. The quantitative estimate of drug-likeness (QED) is 0.135. The molecule has 0 N–H and O–H groups in total. The molecule has 1 aliphatic rings. The van der Waals surface area contributed by atoms with Gasteiger partial charge in [0.15, 0.2) is 0 Å². The van der Waals surface area contributed by atoms with E-state index in [4.69, 9.17) is 23.7 Å². The summed E-state index contributed by atoms with van der Waals surface area (Å²) in [7, 11) is 0. The van der Waals surface area contributed by atoms with Crippen molar-refractivity contribution >= 4 is 0 Å². The van der Waals surface area contributed by atoms with Gasteiger partial charge in [-0.1, -0.05) is 141 Å². The minimum atomic E-state index is -0.390. The topological polar surface area (TPSA) is 46.2 Å². The minimum absolute atomic E-state index is 0.147. The van der Waals surface area contributed by atoms with Crippen molar-refractivity contribution in [2.24, 2.45) is 0 Å². The van der Waals surface area contributed by atoms with Gasteiger partial charge in [0, 0.05) is 0 Å². The summed E-state index contributed by atoms with van der Waals surface area (Å²) in [6, 6.07) is 41.1. The third-order valence-corrected chi connectivity index (χ3v) is 7.82. The molecule has 0 amide bonds. The summed E-state index contributed by atoms with van der Waals surface area (Å²) in [5.41, 5.74) is 4.46. The van der Waals surface area contributed by atoms with Crippen LogP contribution in [0.5, 0.6) is 0 Å². The van der Waals surface area contributed by atoms with E-state index in [2.05, 4.69) is 55.5 Å². The number of hydrogen-bond donors (Lipinski definition) is 0. The van der Waals surface area contributed by atoms with Crippen LogP contribution in [0, 0.1) is 0 Å². The molecule has 0 radical (unpaired) electrons. The molecule has 0 saturated carbocycles. The molecule has 0 unspecified atom stereocenters. The summed E-state index contributed by atoms with van der Waals surface area (Å²) >= 11 is 0. The van der Waals surface area contributed by atoms with Gasteiger partial charge >= 0.3 is 0 Å². The molecular weight excluding hydrogens is 536 g/mol. The number of unbranched alkanes of at least 4 members (excludes halogenated alkanes) is 1. The van der Waals surface area contributed by atoms with Crippen molar-refractivity contribution in [2.75, 3.05) is 6.61 Å². The van der Waals surface area contributed by atoms with Crippen molar-refractivity contribution in [3.05, 3.63) is 144 Å². The lowest BCUT2D eigenvalue weighted by atomic mass is 9.91. The average molecular weight is 581 g/mol. The average Bonchev–Trinajstić information content (AvgIpc) is 3.07.